The van der Waals surface area contributed by atoms with Gasteiger partial charge in [0, 0.05) is 34.9 Å². The summed E-state index contributed by atoms with van der Waals surface area (Å²) >= 11 is 0. The Hall–Kier alpha value is -4.13. The van der Waals surface area contributed by atoms with Crippen LogP contribution in [-0.4, -0.2) is 27.2 Å². The molecule has 0 saturated carbocycles. The van der Waals surface area contributed by atoms with Crippen LogP contribution in [0.15, 0.2) is 71.5 Å². The summed E-state index contributed by atoms with van der Waals surface area (Å²) in [5, 5.41) is 3.90. The highest BCUT2D eigenvalue weighted by Crippen LogP contribution is 2.27. The van der Waals surface area contributed by atoms with Gasteiger partial charge >= 0.3 is 0 Å². The van der Waals surface area contributed by atoms with Crippen LogP contribution in [-0.2, 0) is 13.1 Å². The molecule has 31 heavy (non-hydrogen) atoms. The van der Waals surface area contributed by atoms with Crippen molar-refractivity contribution < 1.29 is 18.8 Å². The average Bonchev–Trinajstić information content (AvgIpc) is 3.49. The van der Waals surface area contributed by atoms with Crippen LogP contribution in [0.5, 0.6) is 0 Å². The second-order valence-corrected chi connectivity index (χ2v) is 7.37. The largest absolute Gasteiger partial charge is 0.467 e. The maximum absolute atomic E-state index is 12.8. The lowest BCUT2D eigenvalue weighted by atomic mass is 10.1. The summed E-state index contributed by atoms with van der Waals surface area (Å²) in [4.78, 5) is 39.3. The SMILES string of the molecule is CCn1ccc2cc(NC(=O)c3ccc4c(c3)C(=O)N(Cc3ccco3)C4=O)ccc21. The van der Waals surface area contributed by atoms with Gasteiger partial charge in [-0.15, -0.1) is 0 Å². The number of fused-ring (bicyclic) bond motifs is 2. The molecule has 0 bridgehead atoms. The van der Waals surface area contributed by atoms with E-state index in [0.717, 1.165) is 22.3 Å². The number of aromatic nitrogens is 1. The van der Waals surface area contributed by atoms with Crippen molar-refractivity contribution >= 4 is 34.3 Å². The number of rotatable bonds is 5. The Balaban J connectivity index is 1.38. The van der Waals surface area contributed by atoms with Crippen molar-refractivity contribution in [1.82, 2.24) is 9.47 Å². The molecule has 0 aliphatic carbocycles. The van der Waals surface area contributed by atoms with Crippen LogP contribution >= 0.6 is 0 Å². The van der Waals surface area contributed by atoms with E-state index in [-0.39, 0.29) is 23.6 Å². The van der Waals surface area contributed by atoms with E-state index in [1.54, 1.807) is 18.2 Å². The number of hydrogen-bond donors (Lipinski definition) is 1. The van der Waals surface area contributed by atoms with Crippen LogP contribution < -0.4 is 5.32 Å². The third-order valence-electron chi connectivity index (χ3n) is 5.50. The van der Waals surface area contributed by atoms with Crippen molar-refractivity contribution in [1.29, 1.82) is 0 Å². The molecule has 0 unspecified atom stereocenters. The molecule has 1 aliphatic heterocycles. The Kier molecular flexibility index (Phi) is 4.43. The molecule has 154 valence electrons. The zero-order valence-corrected chi connectivity index (χ0v) is 16.8. The number of carbonyl (C=O) groups is 3. The highest BCUT2D eigenvalue weighted by atomic mass is 16.3. The molecular formula is C24H19N3O4. The zero-order valence-electron chi connectivity index (χ0n) is 16.8. The number of aryl methyl sites for hydroxylation is 1. The summed E-state index contributed by atoms with van der Waals surface area (Å²) in [5.41, 5.74) is 2.58. The fourth-order valence-electron chi connectivity index (χ4n) is 3.89. The van der Waals surface area contributed by atoms with E-state index in [9.17, 15) is 14.4 Å². The standard InChI is InChI=1S/C24H19N3O4/c1-2-26-10-9-15-12-17(6-8-21(15)26)25-22(28)16-5-7-19-20(13-16)24(30)27(23(19)29)14-18-4-3-11-31-18/h3-13H,2,14H2,1H3,(H,25,28). The van der Waals surface area contributed by atoms with E-state index in [1.807, 2.05) is 30.5 Å². The quantitative estimate of drug-likeness (QED) is 0.494. The summed E-state index contributed by atoms with van der Waals surface area (Å²) in [6, 6.07) is 15.7. The van der Waals surface area contributed by atoms with Gasteiger partial charge in [0.2, 0.25) is 0 Å². The summed E-state index contributed by atoms with van der Waals surface area (Å²) in [6.07, 6.45) is 3.50. The van der Waals surface area contributed by atoms with Crippen LogP contribution in [0.2, 0.25) is 0 Å². The Morgan fingerprint density at radius 2 is 1.84 bits per heavy atom. The first-order valence-corrected chi connectivity index (χ1v) is 9.98. The topological polar surface area (TPSA) is 84.6 Å². The van der Waals surface area contributed by atoms with Gasteiger partial charge in [-0.3, -0.25) is 19.3 Å². The molecular weight excluding hydrogens is 394 g/mol. The second kappa shape index (κ2) is 7.28. The lowest BCUT2D eigenvalue weighted by molar-refractivity contribution is 0.0631. The predicted molar refractivity (Wildman–Crippen MR) is 115 cm³/mol. The minimum absolute atomic E-state index is 0.0539. The third-order valence-corrected chi connectivity index (χ3v) is 5.50. The van der Waals surface area contributed by atoms with Crippen molar-refractivity contribution in [3.8, 4) is 0 Å². The molecule has 4 aromatic rings. The lowest BCUT2D eigenvalue weighted by Crippen LogP contribution is -2.28. The summed E-state index contributed by atoms with van der Waals surface area (Å²) in [5.74, 6) is -0.663. The number of nitrogens with zero attached hydrogens (tertiary/aromatic N) is 2. The maximum atomic E-state index is 12.8. The average molecular weight is 413 g/mol. The number of benzene rings is 2. The van der Waals surface area contributed by atoms with Crippen molar-refractivity contribution in [3.63, 3.8) is 0 Å². The van der Waals surface area contributed by atoms with Crippen molar-refractivity contribution in [2.75, 3.05) is 5.32 Å². The van der Waals surface area contributed by atoms with Crippen LogP contribution in [0, 0.1) is 0 Å². The Morgan fingerprint density at radius 1 is 1.00 bits per heavy atom. The number of carbonyl (C=O) groups excluding carboxylic acids is 3. The molecule has 2 aromatic heterocycles. The molecule has 3 heterocycles. The molecule has 5 rings (SSSR count). The van der Waals surface area contributed by atoms with Crippen molar-refractivity contribution in [2.24, 2.45) is 0 Å². The Labute approximate surface area is 177 Å². The van der Waals surface area contributed by atoms with E-state index < -0.39 is 11.8 Å². The number of anilines is 1. The maximum Gasteiger partial charge on any atom is 0.261 e. The summed E-state index contributed by atoms with van der Waals surface area (Å²) in [7, 11) is 0. The molecule has 7 nitrogen and oxygen atoms in total. The molecule has 0 saturated heterocycles. The molecule has 0 radical (unpaired) electrons. The first kappa shape index (κ1) is 18.9. The number of furan rings is 1. The Morgan fingerprint density at radius 3 is 2.61 bits per heavy atom. The van der Waals surface area contributed by atoms with E-state index in [2.05, 4.69) is 16.8 Å². The Bertz CT molecular complexity index is 1330. The lowest BCUT2D eigenvalue weighted by Gasteiger charge is -2.11. The molecule has 0 spiro atoms. The van der Waals surface area contributed by atoms with E-state index in [0.29, 0.717) is 17.0 Å². The minimum atomic E-state index is -0.437. The second-order valence-electron chi connectivity index (χ2n) is 7.37. The van der Waals surface area contributed by atoms with E-state index >= 15 is 0 Å². The van der Waals surface area contributed by atoms with Gasteiger partial charge in [-0.05, 0) is 61.5 Å². The number of nitrogens with one attached hydrogen (secondary N) is 1. The van der Waals surface area contributed by atoms with Crippen molar-refractivity contribution in [3.05, 3.63) is 89.5 Å². The molecule has 7 heteroatoms. The molecule has 0 fully saturated rings. The number of amides is 3. The van der Waals surface area contributed by atoms with Crippen LogP contribution in [0.3, 0.4) is 0 Å². The van der Waals surface area contributed by atoms with Gasteiger partial charge in [-0.1, -0.05) is 0 Å². The minimum Gasteiger partial charge on any atom is -0.467 e. The first-order valence-electron chi connectivity index (χ1n) is 9.98. The van der Waals surface area contributed by atoms with Gasteiger partial charge in [0.05, 0.1) is 23.9 Å². The van der Waals surface area contributed by atoms with Crippen molar-refractivity contribution in [2.45, 2.75) is 20.0 Å². The molecule has 3 amide bonds. The number of imide groups is 1. The molecule has 0 atom stereocenters. The summed E-state index contributed by atoms with van der Waals surface area (Å²) < 4.78 is 7.37. The zero-order chi connectivity index (χ0) is 21.5. The molecule has 1 N–H and O–H groups in total. The first-order chi connectivity index (χ1) is 15.0. The van der Waals surface area contributed by atoms with Crippen LogP contribution in [0.4, 0.5) is 5.69 Å². The third kappa shape index (κ3) is 3.20. The number of hydrogen-bond acceptors (Lipinski definition) is 4. The van der Waals surface area contributed by atoms with Crippen LogP contribution in [0.25, 0.3) is 10.9 Å². The monoisotopic (exact) mass is 413 g/mol. The van der Waals surface area contributed by atoms with Gasteiger partial charge in [0.25, 0.3) is 17.7 Å². The highest BCUT2D eigenvalue weighted by Gasteiger charge is 2.36. The van der Waals surface area contributed by atoms with Crippen LogP contribution in [0.1, 0.15) is 43.8 Å². The van der Waals surface area contributed by atoms with Gasteiger partial charge < -0.3 is 14.3 Å². The van der Waals surface area contributed by atoms with Gasteiger partial charge in [-0.2, -0.15) is 0 Å². The fraction of sp³-hybridized carbons (Fsp3) is 0.125. The smallest absolute Gasteiger partial charge is 0.261 e. The molecule has 1 aliphatic rings. The highest BCUT2D eigenvalue weighted by molar-refractivity contribution is 6.22. The van der Waals surface area contributed by atoms with Gasteiger partial charge in [0.1, 0.15) is 5.76 Å². The fourth-order valence-corrected chi connectivity index (χ4v) is 3.89. The van der Waals surface area contributed by atoms with Gasteiger partial charge in [0.15, 0.2) is 0 Å². The van der Waals surface area contributed by atoms with E-state index in [1.165, 1.54) is 18.4 Å². The molecule has 2 aromatic carbocycles. The summed E-state index contributed by atoms with van der Waals surface area (Å²) in [6.45, 7) is 3.00. The van der Waals surface area contributed by atoms with Gasteiger partial charge in [-0.25, -0.2) is 0 Å². The van der Waals surface area contributed by atoms with E-state index in [4.69, 9.17) is 4.42 Å². The normalized spacial score (nSPS) is 13.1. The predicted octanol–water partition coefficient (Wildman–Crippen LogP) is 4.30.